The Morgan fingerprint density at radius 3 is 2.38 bits per heavy atom. The zero-order valence-corrected chi connectivity index (χ0v) is 11.6. The van der Waals surface area contributed by atoms with Gasteiger partial charge in [-0.15, -0.1) is 0 Å². The molecule has 0 unspecified atom stereocenters. The van der Waals surface area contributed by atoms with Crippen LogP contribution in [-0.2, 0) is 6.42 Å². The van der Waals surface area contributed by atoms with E-state index in [1.54, 1.807) is 24.3 Å². The number of hydrogen-bond donors (Lipinski definition) is 0. The molecular formula is C15H15N3O3. The summed E-state index contributed by atoms with van der Waals surface area (Å²) in [5.74, 6) is -0.154. The smallest absolute Gasteiger partial charge is 0.269 e. The summed E-state index contributed by atoms with van der Waals surface area (Å²) in [6.07, 6.45) is 4.17. The number of carbonyl (C=O) groups is 1. The van der Waals surface area contributed by atoms with E-state index in [2.05, 4.69) is 4.98 Å². The van der Waals surface area contributed by atoms with Crippen molar-refractivity contribution in [3.05, 3.63) is 70.0 Å². The zero-order chi connectivity index (χ0) is 15.2. The van der Waals surface area contributed by atoms with Crippen LogP contribution in [0.1, 0.15) is 15.9 Å². The van der Waals surface area contributed by atoms with Crippen LogP contribution < -0.4 is 0 Å². The van der Waals surface area contributed by atoms with Gasteiger partial charge in [-0.25, -0.2) is 0 Å². The summed E-state index contributed by atoms with van der Waals surface area (Å²) in [6, 6.07) is 9.44. The molecular weight excluding hydrogens is 270 g/mol. The number of carbonyl (C=O) groups excluding carboxylic acids is 1. The lowest BCUT2D eigenvalue weighted by atomic mass is 10.1. The van der Waals surface area contributed by atoms with Gasteiger partial charge in [-0.3, -0.25) is 19.9 Å². The van der Waals surface area contributed by atoms with E-state index in [1.165, 1.54) is 24.3 Å². The summed E-state index contributed by atoms with van der Waals surface area (Å²) < 4.78 is 0. The third-order valence-corrected chi connectivity index (χ3v) is 3.16. The molecule has 1 heterocycles. The van der Waals surface area contributed by atoms with Crippen LogP contribution in [0.2, 0.25) is 0 Å². The largest absolute Gasteiger partial charge is 0.341 e. The summed E-state index contributed by atoms with van der Waals surface area (Å²) in [5.41, 5.74) is 1.53. The maximum absolute atomic E-state index is 12.2. The Morgan fingerprint density at radius 2 is 1.81 bits per heavy atom. The highest BCUT2D eigenvalue weighted by Crippen LogP contribution is 2.13. The van der Waals surface area contributed by atoms with Gasteiger partial charge in [0.25, 0.3) is 11.6 Å². The normalized spacial score (nSPS) is 10.1. The second kappa shape index (κ2) is 6.60. The Morgan fingerprint density at radius 1 is 1.19 bits per heavy atom. The van der Waals surface area contributed by atoms with Crippen LogP contribution in [0.4, 0.5) is 5.69 Å². The topological polar surface area (TPSA) is 76.3 Å². The Labute approximate surface area is 122 Å². The standard InChI is InChI=1S/C15H15N3O3/c1-17(11-8-12-6-9-16-10-7-12)15(19)13-2-4-14(5-3-13)18(20)21/h2-7,9-10H,8,11H2,1H3. The maximum atomic E-state index is 12.2. The minimum absolute atomic E-state index is 0.0222. The molecule has 0 aliphatic carbocycles. The molecule has 1 aromatic heterocycles. The molecule has 0 spiro atoms. The molecule has 6 nitrogen and oxygen atoms in total. The summed E-state index contributed by atoms with van der Waals surface area (Å²) in [6.45, 7) is 0.569. The number of aromatic nitrogens is 1. The summed E-state index contributed by atoms with van der Waals surface area (Å²) in [4.78, 5) is 27.8. The molecule has 6 heteroatoms. The van der Waals surface area contributed by atoms with Gasteiger partial charge in [-0.05, 0) is 36.2 Å². The lowest BCUT2D eigenvalue weighted by Crippen LogP contribution is -2.28. The second-order valence-electron chi connectivity index (χ2n) is 4.64. The number of pyridine rings is 1. The van der Waals surface area contributed by atoms with E-state index < -0.39 is 4.92 Å². The van der Waals surface area contributed by atoms with Gasteiger partial charge in [-0.2, -0.15) is 0 Å². The van der Waals surface area contributed by atoms with Crippen LogP contribution in [0.3, 0.4) is 0 Å². The lowest BCUT2D eigenvalue weighted by molar-refractivity contribution is -0.384. The van der Waals surface area contributed by atoms with Crippen molar-refractivity contribution in [3.8, 4) is 0 Å². The van der Waals surface area contributed by atoms with Crippen molar-refractivity contribution in [3.63, 3.8) is 0 Å². The highest BCUT2D eigenvalue weighted by Gasteiger charge is 2.13. The van der Waals surface area contributed by atoms with Crippen LogP contribution in [0.25, 0.3) is 0 Å². The SMILES string of the molecule is CN(CCc1ccncc1)C(=O)c1ccc([N+](=O)[O-])cc1. The van der Waals surface area contributed by atoms with E-state index in [9.17, 15) is 14.9 Å². The number of rotatable bonds is 5. The number of likely N-dealkylation sites (N-methyl/N-ethyl adjacent to an activating group) is 1. The quantitative estimate of drug-likeness (QED) is 0.624. The van der Waals surface area contributed by atoms with Crippen LogP contribution in [-0.4, -0.2) is 34.3 Å². The number of nitro groups is 1. The molecule has 0 bridgehead atoms. The fourth-order valence-electron chi connectivity index (χ4n) is 1.89. The number of amides is 1. The number of nitro benzene ring substituents is 1. The molecule has 1 aromatic carbocycles. The summed E-state index contributed by atoms with van der Waals surface area (Å²) >= 11 is 0. The third kappa shape index (κ3) is 3.85. The van der Waals surface area contributed by atoms with E-state index in [1.807, 2.05) is 12.1 Å². The predicted molar refractivity (Wildman–Crippen MR) is 78.0 cm³/mol. The lowest BCUT2D eigenvalue weighted by Gasteiger charge is -2.17. The van der Waals surface area contributed by atoms with Gasteiger partial charge in [-0.1, -0.05) is 0 Å². The van der Waals surface area contributed by atoms with Crippen molar-refractivity contribution >= 4 is 11.6 Å². The molecule has 0 aliphatic rings. The van der Waals surface area contributed by atoms with Gasteiger partial charge < -0.3 is 4.90 Å². The average Bonchev–Trinajstić information content (AvgIpc) is 2.53. The molecule has 0 fully saturated rings. The molecule has 2 aromatic rings. The number of nitrogens with zero attached hydrogens (tertiary/aromatic N) is 3. The number of benzene rings is 1. The highest BCUT2D eigenvalue weighted by atomic mass is 16.6. The average molecular weight is 285 g/mol. The molecule has 0 radical (unpaired) electrons. The van der Waals surface area contributed by atoms with Crippen LogP contribution in [0, 0.1) is 10.1 Å². The molecule has 1 amide bonds. The Kier molecular flexibility index (Phi) is 4.61. The van der Waals surface area contributed by atoms with E-state index in [4.69, 9.17) is 0 Å². The van der Waals surface area contributed by atoms with Crippen LogP contribution in [0.5, 0.6) is 0 Å². The minimum atomic E-state index is -0.485. The fourth-order valence-corrected chi connectivity index (χ4v) is 1.89. The van der Waals surface area contributed by atoms with Crippen molar-refractivity contribution < 1.29 is 9.72 Å². The first-order valence-electron chi connectivity index (χ1n) is 6.47. The van der Waals surface area contributed by atoms with Crippen molar-refractivity contribution in [2.75, 3.05) is 13.6 Å². The monoisotopic (exact) mass is 285 g/mol. The van der Waals surface area contributed by atoms with E-state index >= 15 is 0 Å². The summed E-state index contributed by atoms with van der Waals surface area (Å²) in [7, 11) is 1.71. The Hall–Kier alpha value is -2.76. The van der Waals surface area contributed by atoms with Gasteiger partial charge >= 0.3 is 0 Å². The Balaban J connectivity index is 1.97. The second-order valence-corrected chi connectivity index (χ2v) is 4.64. The molecule has 0 saturated carbocycles. The predicted octanol–water partition coefficient (Wildman–Crippen LogP) is 2.30. The van der Waals surface area contributed by atoms with Crippen molar-refractivity contribution in [2.24, 2.45) is 0 Å². The van der Waals surface area contributed by atoms with Gasteiger partial charge in [0, 0.05) is 43.7 Å². The third-order valence-electron chi connectivity index (χ3n) is 3.16. The first-order valence-corrected chi connectivity index (χ1v) is 6.47. The highest BCUT2D eigenvalue weighted by molar-refractivity contribution is 5.94. The zero-order valence-electron chi connectivity index (χ0n) is 11.6. The van der Waals surface area contributed by atoms with Crippen molar-refractivity contribution in [1.82, 2.24) is 9.88 Å². The fraction of sp³-hybridized carbons (Fsp3) is 0.200. The first-order chi connectivity index (χ1) is 10.1. The molecule has 108 valence electrons. The number of hydrogen-bond acceptors (Lipinski definition) is 4. The maximum Gasteiger partial charge on any atom is 0.269 e. The minimum Gasteiger partial charge on any atom is -0.341 e. The molecule has 21 heavy (non-hydrogen) atoms. The van der Waals surface area contributed by atoms with E-state index in [-0.39, 0.29) is 11.6 Å². The van der Waals surface area contributed by atoms with E-state index in [0.29, 0.717) is 12.1 Å². The molecule has 0 aliphatic heterocycles. The molecule has 2 rings (SSSR count). The van der Waals surface area contributed by atoms with Gasteiger partial charge in [0.1, 0.15) is 0 Å². The molecule has 0 saturated heterocycles. The molecule has 0 N–H and O–H groups in total. The van der Waals surface area contributed by atoms with Crippen LogP contribution in [0.15, 0.2) is 48.8 Å². The Bertz CT molecular complexity index is 626. The molecule has 0 atom stereocenters. The van der Waals surface area contributed by atoms with Gasteiger partial charge in [0.2, 0.25) is 0 Å². The van der Waals surface area contributed by atoms with Gasteiger partial charge in [0.05, 0.1) is 4.92 Å². The first kappa shape index (κ1) is 14.6. The van der Waals surface area contributed by atoms with Crippen molar-refractivity contribution in [2.45, 2.75) is 6.42 Å². The van der Waals surface area contributed by atoms with Crippen molar-refractivity contribution in [1.29, 1.82) is 0 Å². The van der Waals surface area contributed by atoms with Gasteiger partial charge in [0.15, 0.2) is 0 Å². The van der Waals surface area contributed by atoms with E-state index in [0.717, 1.165) is 12.0 Å². The van der Waals surface area contributed by atoms with Crippen LogP contribution >= 0.6 is 0 Å². The number of non-ortho nitro benzene ring substituents is 1. The summed E-state index contributed by atoms with van der Waals surface area (Å²) in [5, 5.41) is 10.6.